The number of hydrogen-bond donors (Lipinski definition) is 1. The van der Waals surface area contributed by atoms with Crippen molar-refractivity contribution in [2.24, 2.45) is 17.8 Å². The number of carbonyl (C=O) groups is 1. The van der Waals surface area contributed by atoms with Crippen LogP contribution in [-0.4, -0.2) is 31.6 Å². The molecule has 0 unspecified atom stereocenters. The first-order chi connectivity index (χ1) is 9.86. The molecule has 0 spiro atoms. The van der Waals surface area contributed by atoms with Gasteiger partial charge in [0.1, 0.15) is 5.82 Å². The lowest BCUT2D eigenvalue weighted by Crippen LogP contribution is -2.23. The van der Waals surface area contributed by atoms with Crippen LogP contribution in [0.3, 0.4) is 0 Å². The highest BCUT2D eigenvalue weighted by atomic mass is 32.2. The number of rotatable bonds is 9. The first kappa shape index (κ1) is 18.0. The summed E-state index contributed by atoms with van der Waals surface area (Å²) in [6, 6.07) is 0. The van der Waals surface area contributed by atoms with Crippen LogP contribution in [0.2, 0.25) is 0 Å². The van der Waals surface area contributed by atoms with Gasteiger partial charge in [0.05, 0.1) is 5.75 Å². The van der Waals surface area contributed by atoms with E-state index in [-0.39, 0.29) is 5.75 Å². The standard InChI is InChI=1S/C15H27N3O2S/c1-6-7-13-16-17-15(21-9-14(19)20)18(13)8-12(10(2)3)11(4)5/h10-12H,6-9H2,1-5H3,(H,19,20). The number of thioether (sulfide) groups is 1. The molecule has 0 amide bonds. The second-order valence-corrected chi connectivity index (χ2v) is 7.04. The van der Waals surface area contributed by atoms with E-state index in [1.54, 1.807) is 0 Å². The maximum atomic E-state index is 10.8. The minimum absolute atomic E-state index is 0.0261. The Morgan fingerprint density at radius 3 is 2.33 bits per heavy atom. The van der Waals surface area contributed by atoms with Crippen LogP contribution in [0.1, 0.15) is 46.9 Å². The fraction of sp³-hybridized carbons (Fsp3) is 0.800. The van der Waals surface area contributed by atoms with Crippen LogP contribution >= 0.6 is 11.8 Å². The highest BCUT2D eigenvalue weighted by Crippen LogP contribution is 2.26. The van der Waals surface area contributed by atoms with E-state index in [9.17, 15) is 4.79 Å². The molecule has 0 radical (unpaired) electrons. The molecule has 120 valence electrons. The highest BCUT2D eigenvalue weighted by molar-refractivity contribution is 7.99. The van der Waals surface area contributed by atoms with E-state index in [0.29, 0.717) is 17.8 Å². The third-order valence-corrected chi connectivity index (χ3v) is 4.65. The van der Waals surface area contributed by atoms with Gasteiger partial charge in [0.2, 0.25) is 0 Å². The summed E-state index contributed by atoms with van der Waals surface area (Å²) in [5, 5.41) is 18.0. The molecule has 0 aliphatic carbocycles. The quantitative estimate of drug-likeness (QED) is 0.708. The van der Waals surface area contributed by atoms with Crippen molar-refractivity contribution in [3.8, 4) is 0 Å². The van der Waals surface area contributed by atoms with Crippen molar-refractivity contribution in [1.82, 2.24) is 14.8 Å². The normalized spacial score (nSPS) is 11.8. The molecular weight excluding hydrogens is 286 g/mol. The van der Waals surface area contributed by atoms with E-state index in [4.69, 9.17) is 5.11 Å². The topological polar surface area (TPSA) is 68.0 Å². The Kier molecular flexibility index (Phi) is 7.22. The summed E-state index contributed by atoms with van der Waals surface area (Å²) in [4.78, 5) is 10.8. The van der Waals surface area contributed by atoms with Crippen molar-refractivity contribution in [3.63, 3.8) is 0 Å². The lowest BCUT2D eigenvalue weighted by Gasteiger charge is -2.26. The monoisotopic (exact) mass is 313 g/mol. The zero-order valence-corrected chi connectivity index (χ0v) is 14.5. The Morgan fingerprint density at radius 2 is 1.86 bits per heavy atom. The first-order valence-electron chi connectivity index (χ1n) is 7.63. The Morgan fingerprint density at radius 1 is 1.24 bits per heavy atom. The van der Waals surface area contributed by atoms with Crippen molar-refractivity contribution in [1.29, 1.82) is 0 Å². The van der Waals surface area contributed by atoms with E-state index < -0.39 is 5.97 Å². The molecular formula is C15H27N3O2S. The molecule has 0 saturated heterocycles. The van der Waals surface area contributed by atoms with Gasteiger partial charge in [-0.2, -0.15) is 0 Å². The molecule has 5 nitrogen and oxygen atoms in total. The molecule has 21 heavy (non-hydrogen) atoms. The first-order valence-corrected chi connectivity index (χ1v) is 8.62. The van der Waals surface area contributed by atoms with Gasteiger partial charge < -0.3 is 9.67 Å². The van der Waals surface area contributed by atoms with E-state index in [2.05, 4.69) is 49.4 Å². The summed E-state index contributed by atoms with van der Waals surface area (Å²) < 4.78 is 2.13. The van der Waals surface area contributed by atoms with Crippen LogP contribution in [0.5, 0.6) is 0 Å². The molecule has 0 bridgehead atoms. The zero-order valence-electron chi connectivity index (χ0n) is 13.7. The van der Waals surface area contributed by atoms with Crippen LogP contribution in [0, 0.1) is 17.8 Å². The maximum absolute atomic E-state index is 10.8. The number of nitrogens with zero attached hydrogens (tertiary/aromatic N) is 3. The van der Waals surface area contributed by atoms with Gasteiger partial charge in [-0.25, -0.2) is 0 Å². The summed E-state index contributed by atoms with van der Waals surface area (Å²) in [7, 11) is 0. The van der Waals surface area contributed by atoms with Gasteiger partial charge in [-0.1, -0.05) is 46.4 Å². The van der Waals surface area contributed by atoms with Crippen molar-refractivity contribution >= 4 is 17.7 Å². The maximum Gasteiger partial charge on any atom is 0.313 e. The number of carboxylic acid groups (broad SMARTS) is 1. The zero-order chi connectivity index (χ0) is 16.0. The number of carboxylic acids is 1. The smallest absolute Gasteiger partial charge is 0.313 e. The molecule has 1 aromatic heterocycles. The third kappa shape index (κ3) is 5.34. The molecule has 1 N–H and O–H groups in total. The molecule has 1 aromatic rings. The van der Waals surface area contributed by atoms with Crippen LogP contribution in [0.15, 0.2) is 5.16 Å². The molecule has 0 fully saturated rings. The molecule has 6 heteroatoms. The number of aliphatic carboxylic acids is 1. The predicted molar refractivity (Wildman–Crippen MR) is 85.5 cm³/mol. The molecule has 0 aliphatic rings. The second kappa shape index (κ2) is 8.41. The fourth-order valence-corrected chi connectivity index (χ4v) is 3.23. The minimum Gasteiger partial charge on any atom is -0.481 e. The predicted octanol–water partition coefficient (Wildman–Crippen LogP) is 3.34. The van der Waals surface area contributed by atoms with Gasteiger partial charge in [-0.3, -0.25) is 4.79 Å². The lowest BCUT2D eigenvalue weighted by atomic mass is 9.85. The van der Waals surface area contributed by atoms with Crippen molar-refractivity contribution in [2.75, 3.05) is 5.75 Å². The Hall–Kier alpha value is -1.04. The number of aromatic nitrogens is 3. The van der Waals surface area contributed by atoms with Gasteiger partial charge in [-0.05, 0) is 24.2 Å². The third-order valence-electron chi connectivity index (χ3n) is 3.70. The Bertz CT molecular complexity index is 450. The average molecular weight is 313 g/mol. The molecule has 1 rings (SSSR count). The van der Waals surface area contributed by atoms with Gasteiger partial charge in [-0.15, -0.1) is 10.2 Å². The summed E-state index contributed by atoms with van der Waals surface area (Å²) in [6.07, 6.45) is 1.89. The van der Waals surface area contributed by atoms with Crippen LogP contribution in [-0.2, 0) is 17.8 Å². The van der Waals surface area contributed by atoms with Gasteiger partial charge in [0.15, 0.2) is 5.16 Å². The SMILES string of the molecule is CCCc1nnc(SCC(=O)O)n1CC(C(C)C)C(C)C. The van der Waals surface area contributed by atoms with Gasteiger partial charge in [0, 0.05) is 13.0 Å². The molecule has 0 aliphatic heterocycles. The number of aryl methyl sites for hydroxylation is 1. The minimum atomic E-state index is -0.823. The summed E-state index contributed by atoms with van der Waals surface area (Å²) >= 11 is 1.26. The van der Waals surface area contributed by atoms with E-state index >= 15 is 0 Å². The summed E-state index contributed by atoms with van der Waals surface area (Å²) in [5.74, 6) is 1.84. The van der Waals surface area contributed by atoms with Crippen molar-refractivity contribution < 1.29 is 9.90 Å². The largest absolute Gasteiger partial charge is 0.481 e. The second-order valence-electron chi connectivity index (χ2n) is 6.09. The molecule has 0 atom stereocenters. The van der Waals surface area contributed by atoms with Crippen molar-refractivity contribution in [2.45, 2.75) is 59.2 Å². The van der Waals surface area contributed by atoms with E-state index in [1.807, 2.05) is 0 Å². The lowest BCUT2D eigenvalue weighted by molar-refractivity contribution is -0.133. The van der Waals surface area contributed by atoms with Gasteiger partial charge >= 0.3 is 5.97 Å². The van der Waals surface area contributed by atoms with Crippen LogP contribution in [0.25, 0.3) is 0 Å². The van der Waals surface area contributed by atoms with Crippen LogP contribution in [0.4, 0.5) is 0 Å². The Balaban J connectivity index is 2.98. The average Bonchev–Trinajstić information content (AvgIpc) is 2.75. The summed E-state index contributed by atoms with van der Waals surface area (Å²) in [6.45, 7) is 11.9. The highest BCUT2D eigenvalue weighted by Gasteiger charge is 2.22. The number of hydrogen-bond acceptors (Lipinski definition) is 4. The van der Waals surface area contributed by atoms with Gasteiger partial charge in [0.25, 0.3) is 0 Å². The Labute approximate surface area is 131 Å². The summed E-state index contributed by atoms with van der Waals surface area (Å²) in [5.41, 5.74) is 0. The van der Waals surface area contributed by atoms with E-state index in [0.717, 1.165) is 30.4 Å². The molecule has 0 aromatic carbocycles. The van der Waals surface area contributed by atoms with Crippen molar-refractivity contribution in [3.05, 3.63) is 5.82 Å². The molecule has 1 heterocycles. The fourth-order valence-electron chi connectivity index (χ4n) is 2.55. The van der Waals surface area contributed by atoms with E-state index in [1.165, 1.54) is 11.8 Å². The van der Waals surface area contributed by atoms with Crippen LogP contribution < -0.4 is 0 Å². The molecule has 0 saturated carbocycles.